The van der Waals surface area contributed by atoms with E-state index < -0.39 is 0 Å². The standard InChI is InChI=1S/C20H22BrClN2O5S/c1-26-6-7-29-16-5-4-12(8-14(16)21)19(25)24-20(30)23-11-13-9-17(27-2)18(28-3)10-15(13)22/h4-5,8-10H,6-7,11H2,1-3H3,(H2,23,24,25,30). The van der Waals surface area contributed by atoms with Crippen molar-refractivity contribution in [3.05, 3.63) is 51.0 Å². The lowest BCUT2D eigenvalue weighted by Gasteiger charge is -2.14. The summed E-state index contributed by atoms with van der Waals surface area (Å²) in [5, 5.41) is 6.25. The van der Waals surface area contributed by atoms with Crippen molar-refractivity contribution in [1.29, 1.82) is 0 Å². The van der Waals surface area contributed by atoms with Gasteiger partial charge in [0.1, 0.15) is 12.4 Å². The molecule has 0 saturated carbocycles. The quantitative estimate of drug-likeness (QED) is 0.385. The molecule has 2 rings (SSSR count). The fourth-order valence-electron chi connectivity index (χ4n) is 2.42. The van der Waals surface area contributed by atoms with Crippen molar-refractivity contribution in [1.82, 2.24) is 10.6 Å². The van der Waals surface area contributed by atoms with Crippen molar-refractivity contribution >= 4 is 50.8 Å². The monoisotopic (exact) mass is 516 g/mol. The van der Waals surface area contributed by atoms with Gasteiger partial charge in [-0.1, -0.05) is 11.6 Å². The minimum atomic E-state index is -0.352. The number of thiocarbonyl (C=S) groups is 1. The zero-order chi connectivity index (χ0) is 22.1. The van der Waals surface area contributed by atoms with E-state index in [2.05, 4.69) is 26.6 Å². The molecule has 0 aromatic heterocycles. The van der Waals surface area contributed by atoms with Crippen LogP contribution in [-0.2, 0) is 11.3 Å². The summed E-state index contributed by atoms with van der Waals surface area (Å²) < 4.78 is 21.6. The van der Waals surface area contributed by atoms with E-state index in [-0.39, 0.29) is 11.0 Å². The molecular formula is C20H22BrClN2O5S. The van der Waals surface area contributed by atoms with Crippen molar-refractivity contribution in [3.63, 3.8) is 0 Å². The number of amides is 1. The molecule has 0 aliphatic heterocycles. The number of methoxy groups -OCH3 is 3. The maximum Gasteiger partial charge on any atom is 0.257 e. The van der Waals surface area contributed by atoms with E-state index in [0.29, 0.717) is 52.1 Å². The zero-order valence-electron chi connectivity index (χ0n) is 16.7. The van der Waals surface area contributed by atoms with Gasteiger partial charge in [-0.25, -0.2) is 0 Å². The molecule has 0 saturated heterocycles. The molecule has 0 spiro atoms. The van der Waals surface area contributed by atoms with Crippen LogP contribution in [0.3, 0.4) is 0 Å². The Balaban J connectivity index is 1.95. The molecule has 0 unspecified atom stereocenters. The Hall–Kier alpha value is -2.07. The molecule has 10 heteroatoms. The predicted octanol–water partition coefficient (Wildman–Crippen LogP) is 3.95. The van der Waals surface area contributed by atoms with Crippen LogP contribution in [0.25, 0.3) is 0 Å². The molecule has 7 nitrogen and oxygen atoms in total. The molecule has 0 heterocycles. The summed E-state index contributed by atoms with van der Waals surface area (Å²) in [6, 6.07) is 8.42. The Labute approximate surface area is 194 Å². The molecule has 0 aliphatic carbocycles. The number of hydrogen-bond acceptors (Lipinski definition) is 6. The number of carbonyl (C=O) groups is 1. The summed E-state index contributed by atoms with van der Waals surface area (Å²) in [5.41, 5.74) is 1.17. The summed E-state index contributed by atoms with van der Waals surface area (Å²) in [7, 11) is 4.68. The smallest absolute Gasteiger partial charge is 0.257 e. The van der Waals surface area contributed by atoms with Gasteiger partial charge in [-0.15, -0.1) is 0 Å². The molecule has 0 bridgehead atoms. The third-order valence-corrected chi connectivity index (χ3v) is 5.18. The van der Waals surface area contributed by atoms with Crippen LogP contribution in [0.2, 0.25) is 5.02 Å². The lowest BCUT2D eigenvalue weighted by molar-refractivity contribution is 0.0976. The van der Waals surface area contributed by atoms with Crippen molar-refractivity contribution in [3.8, 4) is 17.2 Å². The molecule has 0 fully saturated rings. The van der Waals surface area contributed by atoms with Gasteiger partial charge in [0.25, 0.3) is 5.91 Å². The van der Waals surface area contributed by atoms with E-state index in [9.17, 15) is 4.79 Å². The van der Waals surface area contributed by atoms with Crippen molar-refractivity contribution in [2.75, 3.05) is 34.5 Å². The summed E-state index contributed by atoms with van der Waals surface area (Å²) in [4.78, 5) is 12.5. The Morgan fingerprint density at radius 3 is 2.40 bits per heavy atom. The zero-order valence-corrected chi connectivity index (χ0v) is 19.9. The van der Waals surface area contributed by atoms with E-state index in [1.54, 1.807) is 44.6 Å². The second-order valence-electron chi connectivity index (χ2n) is 5.92. The van der Waals surface area contributed by atoms with Gasteiger partial charge >= 0.3 is 0 Å². The topological polar surface area (TPSA) is 78.1 Å². The van der Waals surface area contributed by atoms with Crippen molar-refractivity contribution in [2.45, 2.75) is 6.54 Å². The highest BCUT2D eigenvalue weighted by Gasteiger charge is 2.13. The second-order valence-corrected chi connectivity index (χ2v) is 7.59. The first kappa shape index (κ1) is 24.2. The van der Waals surface area contributed by atoms with Gasteiger partial charge in [-0.3, -0.25) is 10.1 Å². The van der Waals surface area contributed by atoms with E-state index >= 15 is 0 Å². The number of hydrogen-bond donors (Lipinski definition) is 2. The van der Waals surface area contributed by atoms with Crippen LogP contribution in [-0.4, -0.2) is 45.6 Å². The van der Waals surface area contributed by atoms with Gasteiger partial charge in [0.2, 0.25) is 0 Å². The molecule has 2 aromatic rings. The van der Waals surface area contributed by atoms with Crippen LogP contribution in [0.4, 0.5) is 0 Å². The third-order valence-electron chi connectivity index (χ3n) is 3.96. The highest BCUT2D eigenvalue weighted by atomic mass is 79.9. The lowest BCUT2D eigenvalue weighted by Crippen LogP contribution is -2.38. The first-order valence-corrected chi connectivity index (χ1v) is 10.4. The molecule has 0 aliphatic rings. The fourth-order valence-corrected chi connectivity index (χ4v) is 3.30. The molecular weight excluding hydrogens is 496 g/mol. The molecule has 162 valence electrons. The van der Waals surface area contributed by atoms with E-state index in [1.807, 2.05) is 0 Å². The number of ether oxygens (including phenoxy) is 4. The first-order chi connectivity index (χ1) is 14.4. The van der Waals surface area contributed by atoms with E-state index in [1.165, 1.54) is 7.11 Å². The van der Waals surface area contributed by atoms with Gasteiger partial charge in [0.05, 0.1) is 25.3 Å². The average molecular weight is 518 g/mol. The van der Waals surface area contributed by atoms with Crippen LogP contribution in [0, 0.1) is 0 Å². The number of nitrogens with one attached hydrogen (secondary N) is 2. The minimum Gasteiger partial charge on any atom is -0.493 e. The van der Waals surface area contributed by atoms with Crippen LogP contribution in [0.15, 0.2) is 34.8 Å². The van der Waals surface area contributed by atoms with Crippen molar-refractivity contribution < 1.29 is 23.7 Å². The predicted molar refractivity (Wildman–Crippen MR) is 123 cm³/mol. The maximum absolute atomic E-state index is 12.5. The Morgan fingerprint density at radius 2 is 1.77 bits per heavy atom. The molecule has 1 amide bonds. The number of halogens is 2. The second kappa shape index (κ2) is 11.9. The summed E-state index contributed by atoms with van der Waals surface area (Å²) in [6.07, 6.45) is 0. The third kappa shape index (κ3) is 6.73. The Bertz CT molecular complexity index is 913. The van der Waals surface area contributed by atoms with Gasteiger partial charge in [-0.2, -0.15) is 0 Å². The summed E-state index contributed by atoms with van der Waals surface area (Å²) in [6.45, 7) is 1.18. The SMILES string of the molecule is COCCOc1ccc(C(=O)NC(=S)NCc2cc(OC)c(OC)cc2Cl)cc1Br. The highest BCUT2D eigenvalue weighted by molar-refractivity contribution is 9.10. The number of benzene rings is 2. The Morgan fingerprint density at radius 1 is 1.07 bits per heavy atom. The van der Waals surface area contributed by atoms with Crippen LogP contribution >= 0.6 is 39.7 Å². The van der Waals surface area contributed by atoms with Gasteiger partial charge < -0.3 is 24.3 Å². The van der Waals surface area contributed by atoms with E-state index in [0.717, 1.165) is 5.56 Å². The van der Waals surface area contributed by atoms with Crippen LogP contribution in [0.1, 0.15) is 15.9 Å². The number of carbonyl (C=O) groups excluding carboxylic acids is 1. The number of rotatable bonds is 9. The molecule has 2 aromatic carbocycles. The largest absolute Gasteiger partial charge is 0.493 e. The Kier molecular flexibility index (Phi) is 9.64. The molecule has 0 atom stereocenters. The highest BCUT2D eigenvalue weighted by Crippen LogP contribution is 2.33. The molecule has 30 heavy (non-hydrogen) atoms. The van der Waals surface area contributed by atoms with Gasteiger partial charge in [0, 0.05) is 30.3 Å². The molecule has 0 radical (unpaired) electrons. The fraction of sp³-hybridized carbons (Fsp3) is 0.300. The minimum absolute atomic E-state index is 0.169. The molecule has 2 N–H and O–H groups in total. The van der Waals surface area contributed by atoms with Gasteiger partial charge in [-0.05, 0) is 58.0 Å². The first-order valence-electron chi connectivity index (χ1n) is 8.80. The van der Waals surface area contributed by atoms with E-state index in [4.69, 9.17) is 42.8 Å². The average Bonchev–Trinajstić information content (AvgIpc) is 2.73. The van der Waals surface area contributed by atoms with Gasteiger partial charge in [0.15, 0.2) is 16.6 Å². The van der Waals surface area contributed by atoms with Crippen LogP contribution < -0.4 is 24.8 Å². The maximum atomic E-state index is 12.5. The van der Waals surface area contributed by atoms with Crippen LogP contribution in [0.5, 0.6) is 17.2 Å². The normalized spacial score (nSPS) is 10.3. The summed E-state index contributed by atoms with van der Waals surface area (Å²) >= 11 is 14.9. The lowest BCUT2D eigenvalue weighted by atomic mass is 10.2. The summed E-state index contributed by atoms with van der Waals surface area (Å²) in [5.74, 6) is 1.34. The van der Waals surface area contributed by atoms with Crippen molar-refractivity contribution in [2.24, 2.45) is 0 Å².